The molecule has 1 atom stereocenters. The van der Waals surface area contributed by atoms with Crippen LogP contribution in [-0.4, -0.2) is 35.3 Å². The Labute approximate surface area is 152 Å². The summed E-state index contributed by atoms with van der Waals surface area (Å²) in [7, 11) is -4.86. The zero-order valence-corrected chi connectivity index (χ0v) is 15.2. The van der Waals surface area contributed by atoms with Crippen LogP contribution in [0.3, 0.4) is 0 Å². The van der Waals surface area contributed by atoms with Crippen molar-refractivity contribution in [1.29, 1.82) is 0 Å². The Morgan fingerprint density at radius 3 is 2.41 bits per heavy atom. The normalized spacial score (nSPS) is 12.1. The number of benzene rings is 1. The van der Waals surface area contributed by atoms with Crippen molar-refractivity contribution in [2.24, 2.45) is 0 Å². The number of para-hydroxylation sites is 1. The molecule has 1 unspecified atom stereocenters. The third-order valence-corrected chi connectivity index (χ3v) is 3.76. The number of hydrogen-bond acceptors (Lipinski definition) is 5. The molecule has 1 aromatic carbocycles. The van der Waals surface area contributed by atoms with Gasteiger partial charge < -0.3 is 11.3 Å². The Hall–Kier alpha value is -0.930. The average Bonchev–Trinajstić information content (AvgIpc) is 2.37. The van der Waals surface area contributed by atoms with E-state index in [0.29, 0.717) is 12.0 Å². The Morgan fingerprint density at radius 1 is 1.32 bits per heavy atom. The van der Waals surface area contributed by atoms with Crippen LogP contribution < -0.4 is 34.3 Å². The number of ether oxygens (including phenoxy) is 1. The van der Waals surface area contributed by atoms with Crippen LogP contribution in [-0.2, 0) is 26.1 Å². The Morgan fingerprint density at radius 2 is 1.91 bits per heavy atom. The number of carboxylic acids is 1. The maximum atomic E-state index is 11.8. The number of esters is 1. The van der Waals surface area contributed by atoms with Crippen LogP contribution in [0.5, 0.6) is 5.75 Å². The monoisotopic (exact) mass is 340 g/mol. The molecule has 1 rings (SSSR count). The summed E-state index contributed by atoms with van der Waals surface area (Å²) in [5.41, 5.74) is 0.692. The number of carbonyl (C=O) groups is 2. The third-order valence-electron chi connectivity index (χ3n) is 2.68. The molecular weight excluding hydrogens is 323 g/mol. The number of carbonyl (C=O) groups excluding carboxylic acids is 1. The summed E-state index contributed by atoms with van der Waals surface area (Å²) in [6.07, 6.45) is 0.331. The standard InChI is InChI=1S/C13H16O7S.Na.H/c1-2-5-9-6-3-4-7-10(9)20-13(16)11(8-12(14)15)21(17,18)19;;/h3-4,6-7,11H,2,5,8H2,1H3,(H,14,15)(H,17,18,19);;/q;+1;-1. The molecule has 2 N–H and O–H groups in total. The first-order chi connectivity index (χ1) is 9.75. The largest absolute Gasteiger partial charge is 1.00 e. The van der Waals surface area contributed by atoms with Crippen molar-refractivity contribution in [2.75, 3.05) is 0 Å². The molecule has 0 fully saturated rings. The first kappa shape index (κ1) is 21.1. The van der Waals surface area contributed by atoms with Gasteiger partial charge in [-0.15, -0.1) is 0 Å². The van der Waals surface area contributed by atoms with Gasteiger partial charge in [0.25, 0.3) is 10.1 Å². The maximum absolute atomic E-state index is 11.8. The van der Waals surface area contributed by atoms with Crippen molar-refractivity contribution in [2.45, 2.75) is 31.4 Å². The van der Waals surface area contributed by atoms with E-state index in [1.165, 1.54) is 6.07 Å². The summed E-state index contributed by atoms with van der Waals surface area (Å²) >= 11 is 0. The van der Waals surface area contributed by atoms with Gasteiger partial charge in [-0.25, -0.2) is 0 Å². The van der Waals surface area contributed by atoms with Crippen LogP contribution >= 0.6 is 0 Å². The minimum absolute atomic E-state index is 0. The first-order valence-corrected chi connectivity index (χ1v) is 7.73. The predicted octanol–water partition coefficient (Wildman–Crippen LogP) is -1.61. The van der Waals surface area contributed by atoms with Gasteiger partial charge in [0.15, 0.2) is 5.25 Å². The van der Waals surface area contributed by atoms with Crippen molar-refractivity contribution in [3.8, 4) is 5.75 Å². The molecule has 0 aliphatic carbocycles. The molecule has 0 radical (unpaired) electrons. The van der Waals surface area contributed by atoms with Crippen LogP contribution in [0.4, 0.5) is 0 Å². The molecular formula is C13H17NaO7S. The Kier molecular flexibility index (Phi) is 8.87. The van der Waals surface area contributed by atoms with Crippen LogP contribution in [0.25, 0.3) is 0 Å². The minimum Gasteiger partial charge on any atom is -1.00 e. The molecule has 0 saturated carbocycles. The van der Waals surface area contributed by atoms with Gasteiger partial charge in [-0.05, 0) is 18.1 Å². The topological polar surface area (TPSA) is 118 Å². The second kappa shape index (κ2) is 9.26. The fraction of sp³-hybridized carbons (Fsp3) is 0.385. The first-order valence-electron chi connectivity index (χ1n) is 6.23. The maximum Gasteiger partial charge on any atom is 1.00 e. The summed E-state index contributed by atoms with van der Waals surface area (Å²) in [4.78, 5) is 22.4. The molecule has 0 aliphatic rings. The fourth-order valence-electron chi connectivity index (χ4n) is 1.72. The number of rotatable bonds is 7. The minimum atomic E-state index is -4.86. The molecule has 0 bridgehead atoms. The molecule has 7 nitrogen and oxygen atoms in total. The van der Waals surface area contributed by atoms with E-state index >= 15 is 0 Å². The van der Waals surface area contributed by atoms with E-state index in [2.05, 4.69) is 0 Å². The SMILES string of the molecule is CCCc1ccccc1OC(=O)C(CC(=O)O)S(=O)(=O)O.[H-].[Na+]. The van der Waals surface area contributed by atoms with E-state index in [9.17, 15) is 18.0 Å². The van der Waals surface area contributed by atoms with Crippen LogP contribution in [0, 0.1) is 0 Å². The van der Waals surface area contributed by atoms with Gasteiger partial charge in [-0.3, -0.25) is 14.1 Å². The molecule has 0 amide bonds. The average molecular weight is 340 g/mol. The molecule has 0 saturated heterocycles. The smallest absolute Gasteiger partial charge is 1.00 e. The second-order valence-electron chi connectivity index (χ2n) is 4.38. The second-order valence-corrected chi connectivity index (χ2v) is 5.98. The summed E-state index contributed by atoms with van der Waals surface area (Å²) in [5.74, 6) is -2.69. The van der Waals surface area contributed by atoms with Gasteiger partial charge in [-0.1, -0.05) is 31.5 Å². The molecule has 0 aliphatic heterocycles. The van der Waals surface area contributed by atoms with Crippen molar-refractivity contribution in [1.82, 2.24) is 0 Å². The molecule has 9 heteroatoms. The van der Waals surface area contributed by atoms with Gasteiger partial charge in [0.2, 0.25) is 0 Å². The Bertz CT molecular complexity index is 633. The van der Waals surface area contributed by atoms with Crippen molar-refractivity contribution >= 4 is 22.1 Å². The van der Waals surface area contributed by atoms with Crippen LogP contribution in [0.2, 0.25) is 0 Å². The van der Waals surface area contributed by atoms with E-state index in [1.54, 1.807) is 18.2 Å². The van der Waals surface area contributed by atoms with Crippen LogP contribution in [0.1, 0.15) is 26.8 Å². The van der Waals surface area contributed by atoms with E-state index in [4.69, 9.17) is 14.4 Å². The summed E-state index contributed by atoms with van der Waals surface area (Å²) in [6.45, 7) is 1.92. The molecule has 0 aromatic heterocycles. The number of carboxylic acid groups (broad SMARTS) is 1. The molecule has 0 heterocycles. The van der Waals surface area contributed by atoms with Gasteiger partial charge in [0, 0.05) is 0 Å². The number of aliphatic carboxylic acids is 1. The number of aryl methyl sites for hydroxylation is 1. The molecule has 0 spiro atoms. The quantitative estimate of drug-likeness (QED) is 0.265. The van der Waals surface area contributed by atoms with E-state index in [-0.39, 0.29) is 36.7 Å². The van der Waals surface area contributed by atoms with E-state index in [1.807, 2.05) is 6.92 Å². The zero-order valence-electron chi connectivity index (χ0n) is 13.4. The van der Waals surface area contributed by atoms with E-state index < -0.39 is 33.7 Å². The summed E-state index contributed by atoms with van der Waals surface area (Å²) in [6, 6.07) is 6.53. The summed E-state index contributed by atoms with van der Waals surface area (Å²) < 4.78 is 36.1. The zero-order chi connectivity index (χ0) is 16.0. The van der Waals surface area contributed by atoms with Crippen molar-refractivity contribution in [3.05, 3.63) is 29.8 Å². The molecule has 1 aromatic rings. The molecule has 22 heavy (non-hydrogen) atoms. The number of hydrogen-bond donors (Lipinski definition) is 2. The van der Waals surface area contributed by atoms with Crippen LogP contribution in [0.15, 0.2) is 24.3 Å². The fourth-order valence-corrected chi connectivity index (χ4v) is 2.37. The van der Waals surface area contributed by atoms with Gasteiger partial charge >= 0.3 is 41.5 Å². The predicted molar refractivity (Wildman–Crippen MR) is 74.8 cm³/mol. The Balaban J connectivity index is 0. The third kappa shape index (κ3) is 6.45. The van der Waals surface area contributed by atoms with Gasteiger partial charge in [0.1, 0.15) is 5.75 Å². The van der Waals surface area contributed by atoms with Crippen molar-refractivity contribution in [3.63, 3.8) is 0 Å². The van der Waals surface area contributed by atoms with Crippen molar-refractivity contribution < 1.29 is 63.4 Å². The van der Waals surface area contributed by atoms with Gasteiger partial charge in [0.05, 0.1) is 6.42 Å². The summed E-state index contributed by atoms with van der Waals surface area (Å²) in [5, 5.41) is 6.47. The van der Waals surface area contributed by atoms with Gasteiger partial charge in [-0.2, -0.15) is 8.42 Å². The van der Waals surface area contributed by atoms with E-state index in [0.717, 1.165) is 6.42 Å². The molecule has 118 valence electrons.